The van der Waals surface area contributed by atoms with E-state index in [0.717, 1.165) is 71.9 Å². The normalized spacial score (nSPS) is 14.7. The first-order valence-corrected chi connectivity index (χ1v) is 13.8. The molecule has 0 bridgehead atoms. The van der Waals surface area contributed by atoms with Gasteiger partial charge in [0.05, 0.1) is 17.4 Å². The molecule has 0 atom stereocenters. The average Bonchev–Trinajstić information content (AvgIpc) is 3.52. The topological polar surface area (TPSA) is 79.9 Å². The Morgan fingerprint density at radius 2 is 1.88 bits per heavy atom. The molecule has 0 unspecified atom stereocenters. The predicted octanol–water partition coefficient (Wildman–Crippen LogP) is 4.23. The van der Waals surface area contributed by atoms with E-state index >= 15 is 0 Å². The second-order valence-electron chi connectivity index (χ2n) is 10.6. The molecular formula is C31H35N7O2. The lowest BCUT2D eigenvalue weighted by molar-refractivity contribution is 0.102. The van der Waals surface area contributed by atoms with Gasteiger partial charge in [0.15, 0.2) is 0 Å². The maximum Gasteiger partial charge on any atom is 0.274 e. The lowest BCUT2D eigenvalue weighted by Crippen LogP contribution is -2.45. The van der Waals surface area contributed by atoms with Gasteiger partial charge in [-0.3, -0.25) is 19.1 Å². The molecule has 6 rings (SSSR count). The Hall–Kier alpha value is -4.21. The van der Waals surface area contributed by atoms with Gasteiger partial charge < -0.3 is 19.5 Å². The number of likely N-dealkylation sites (N-methyl/N-ethyl adjacent to an activating group) is 1. The highest BCUT2D eigenvalue weighted by atomic mass is 16.5. The number of amides is 1. The molecular weight excluding hydrogens is 502 g/mol. The van der Waals surface area contributed by atoms with Crippen molar-refractivity contribution in [2.24, 2.45) is 0 Å². The van der Waals surface area contributed by atoms with Crippen molar-refractivity contribution >= 4 is 28.1 Å². The summed E-state index contributed by atoms with van der Waals surface area (Å²) in [6, 6.07) is 13.9. The van der Waals surface area contributed by atoms with Crippen LogP contribution in [0.1, 0.15) is 27.3 Å². The molecule has 9 nitrogen and oxygen atoms in total. The second-order valence-corrected chi connectivity index (χ2v) is 10.6. The Labute approximate surface area is 234 Å². The molecule has 40 heavy (non-hydrogen) atoms. The molecule has 4 aromatic heterocycles. The molecule has 1 fully saturated rings. The number of carbonyl (C=O) groups is 1. The van der Waals surface area contributed by atoms with E-state index in [0.29, 0.717) is 24.5 Å². The molecule has 5 aromatic rings. The van der Waals surface area contributed by atoms with Crippen LogP contribution >= 0.6 is 0 Å². The third kappa shape index (κ3) is 5.43. The molecule has 1 aromatic carbocycles. The summed E-state index contributed by atoms with van der Waals surface area (Å²) in [5.41, 5.74) is 6.22. The number of aryl methyl sites for hydroxylation is 2. The summed E-state index contributed by atoms with van der Waals surface area (Å²) >= 11 is 0. The van der Waals surface area contributed by atoms with Gasteiger partial charge in [0.25, 0.3) is 5.91 Å². The fourth-order valence-electron chi connectivity index (χ4n) is 5.36. The maximum absolute atomic E-state index is 13.4. The van der Waals surface area contributed by atoms with Gasteiger partial charge in [-0.25, -0.2) is 4.98 Å². The number of aromatic nitrogens is 4. The first kappa shape index (κ1) is 26.0. The molecule has 1 amide bonds. The standard InChI is InChI=1S/C31H35N7O2/c1-22-20-37(21-24-8-7-23(2)32-18-24)27-6-4-5-26(30(22)27)34-31(39)28-19-33-29-17-25(9-10-38(28)29)40-16-15-36-13-11-35(3)12-14-36/h4-10,17-20H,11-16,21H2,1-3H3,(H,34,39). The summed E-state index contributed by atoms with van der Waals surface area (Å²) in [5, 5.41) is 4.16. The van der Waals surface area contributed by atoms with E-state index in [2.05, 4.69) is 62.0 Å². The van der Waals surface area contributed by atoms with E-state index < -0.39 is 0 Å². The van der Waals surface area contributed by atoms with Crippen LogP contribution in [0.3, 0.4) is 0 Å². The zero-order chi connectivity index (χ0) is 27.6. The van der Waals surface area contributed by atoms with Crippen molar-refractivity contribution in [2.45, 2.75) is 20.4 Å². The fraction of sp³-hybridized carbons (Fsp3) is 0.323. The zero-order valence-electron chi connectivity index (χ0n) is 23.3. The van der Waals surface area contributed by atoms with Gasteiger partial charge in [-0.2, -0.15) is 0 Å². The number of imidazole rings is 1. The van der Waals surface area contributed by atoms with Crippen LogP contribution in [-0.4, -0.2) is 81.0 Å². The molecule has 5 heterocycles. The number of carbonyl (C=O) groups excluding carboxylic acids is 1. The van der Waals surface area contributed by atoms with Gasteiger partial charge in [0, 0.05) is 75.0 Å². The largest absolute Gasteiger partial charge is 0.492 e. The van der Waals surface area contributed by atoms with Crippen LogP contribution in [-0.2, 0) is 6.54 Å². The van der Waals surface area contributed by atoms with Crippen molar-refractivity contribution in [3.8, 4) is 5.75 Å². The van der Waals surface area contributed by atoms with Gasteiger partial charge >= 0.3 is 0 Å². The van der Waals surface area contributed by atoms with Crippen LogP contribution in [0, 0.1) is 13.8 Å². The van der Waals surface area contributed by atoms with Crippen LogP contribution in [0.15, 0.2) is 67.3 Å². The summed E-state index contributed by atoms with van der Waals surface area (Å²) in [7, 11) is 2.16. The van der Waals surface area contributed by atoms with Crippen molar-refractivity contribution in [2.75, 3.05) is 51.7 Å². The monoisotopic (exact) mass is 537 g/mol. The number of hydrogen-bond donors (Lipinski definition) is 1. The number of hydrogen-bond acceptors (Lipinski definition) is 6. The molecule has 0 aliphatic carbocycles. The average molecular weight is 538 g/mol. The van der Waals surface area contributed by atoms with Crippen molar-refractivity contribution in [3.63, 3.8) is 0 Å². The molecule has 1 aliphatic heterocycles. The lowest BCUT2D eigenvalue weighted by Gasteiger charge is -2.32. The van der Waals surface area contributed by atoms with Crippen molar-refractivity contribution in [1.29, 1.82) is 0 Å². The van der Waals surface area contributed by atoms with Gasteiger partial charge in [0.2, 0.25) is 0 Å². The smallest absolute Gasteiger partial charge is 0.274 e. The number of anilines is 1. The van der Waals surface area contributed by atoms with E-state index in [9.17, 15) is 4.79 Å². The second kappa shape index (κ2) is 11.1. The first-order chi connectivity index (χ1) is 19.4. The number of nitrogens with zero attached hydrogens (tertiary/aromatic N) is 6. The minimum Gasteiger partial charge on any atom is -0.492 e. The van der Waals surface area contributed by atoms with Crippen LogP contribution < -0.4 is 10.1 Å². The summed E-state index contributed by atoms with van der Waals surface area (Å²) in [5.74, 6) is 0.545. The number of pyridine rings is 2. The molecule has 1 aliphatic rings. The Bertz CT molecular complexity index is 1650. The predicted molar refractivity (Wildman–Crippen MR) is 157 cm³/mol. The molecule has 0 spiro atoms. The number of rotatable bonds is 8. The SMILES string of the molecule is Cc1ccc(Cn2cc(C)c3c(NC(=O)c4cnc5cc(OCCN6CCN(C)CC6)ccn45)cccc32)cn1. The van der Waals surface area contributed by atoms with E-state index in [4.69, 9.17) is 4.74 Å². The zero-order valence-corrected chi connectivity index (χ0v) is 23.3. The lowest BCUT2D eigenvalue weighted by atomic mass is 10.1. The van der Waals surface area contributed by atoms with Gasteiger partial charge in [-0.05, 0) is 56.3 Å². The molecule has 9 heteroatoms. The molecule has 1 N–H and O–H groups in total. The van der Waals surface area contributed by atoms with Gasteiger partial charge in [-0.1, -0.05) is 12.1 Å². The number of piperazine rings is 1. The first-order valence-electron chi connectivity index (χ1n) is 13.8. The number of nitrogens with one attached hydrogen (secondary N) is 1. The van der Waals surface area contributed by atoms with Crippen molar-refractivity contribution in [3.05, 3.63) is 89.8 Å². The number of benzene rings is 1. The molecule has 206 valence electrons. The van der Waals surface area contributed by atoms with Crippen LogP contribution in [0.4, 0.5) is 5.69 Å². The van der Waals surface area contributed by atoms with E-state index in [1.165, 1.54) is 0 Å². The quantitative estimate of drug-likeness (QED) is 0.319. The number of fused-ring (bicyclic) bond motifs is 2. The Balaban J connectivity index is 1.15. The summed E-state index contributed by atoms with van der Waals surface area (Å²) in [6.07, 6.45) is 7.50. The van der Waals surface area contributed by atoms with E-state index in [1.54, 1.807) is 10.6 Å². The van der Waals surface area contributed by atoms with Gasteiger partial charge in [-0.15, -0.1) is 0 Å². The summed E-state index contributed by atoms with van der Waals surface area (Å²) in [4.78, 5) is 27.1. The summed E-state index contributed by atoms with van der Waals surface area (Å²) < 4.78 is 10.0. The highest BCUT2D eigenvalue weighted by molar-refractivity contribution is 6.09. The molecule has 1 saturated heterocycles. The minimum atomic E-state index is -0.210. The Kier molecular flexibility index (Phi) is 7.23. The highest BCUT2D eigenvalue weighted by Gasteiger charge is 2.17. The van der Waals surface area contributed by atoms with Crippen molar-refractivity contribution in [1.82, 2.24) is 28.7 Å². The minimum absolute atomic E-state index is 0.210. The highest BCUT2D eigenvalue weighted by Crippen LogP contribution is 2.30. The summed E-state index contributed by atoms with van der Waals surface area (Å²) in [6.45, 7) is 10.6. The van der Waals surface area contributed by atoms with Crippen LogP contribution in [0.5, 0.6) is 5.75 Å². The van der Waals surface area contributed by atoms with Crippen LogP contribution in [0.25, 0.3) is 16.6 Å². The Morgan fingerprint density at radius 1 is 1.02 bits per heavy atom. The van der Waals surface area contributed by atoms with E-state index in [1.807, 2.05) is 49.6 Å². The maximum atomic E-state index is 13.4. The molecule has 0 saturated carbocycles. The fourth-order valence-corrected chi connectivity index (χ4v) is 5.36. The Morgan fingerprint density at radius 3 is 2.67 bits per heavy atom. The van der Waals surface area contributed by atoms with Crippen LogP contribution in [0.2, 0.25) is 0 Å². The molecule has 0 radical (unpaired) electrons. The van der Waals surface area contributed by atoms with Gasteiger partial charge in [0.1, 0.15) is 23.7 Å². The third-order valence-electron chi connectivity index (χ3n) is 7.66. The number of ether oxygens (including phenoxy) is 1. The van der Waals surface area contributed by atoms with Crippen molar-refractivity contribution < 1.29 is 9.53 Å². The van der Waals surface area contributed by atoms with E-state index in [-0.39, 0.29) is 5.91 Å². The third-order valence-corrected chi connectivity index (χ3v) is 7.66.